The fourth-order valence-electron chi connectivity index (χ4n) is 2.50. The van der Waals surface area contributed by atoms with Gasteiger partial charge in [0.25, 0.3) is 0 Å². The van der Waals surface area contributed by atoms with Gasteiger partial charge in [0.2, 0.25) is 5.91 Å². The minimum Gasteiger partial charge on any atom is -0.351 e. The fourth-order valence-corrected chi connectivity index (χ4v) is 2.50. The molecule has 104 valence electrons. The molecular weight excluding hydrogens is 232 g/mol. The number of primary amides is 1. The van der Waals surface area contributed by atoms with E-state index in [0.717, 1.165) is 25.7 Å². The SMILES string of the molecule is CNC1CCC(N(C)C(C)C(=O)NC(N)=O)CC1. The van der Waals surface area contributed by atoms with Crippen LogP contribution in [0, 0.1) is 0 Å². The number of carbonyl (C=O) groups excluding carboxylic acids is 2. The second kappa shape index (κ2) is 6.70. The molecule has 0 radical (unpaired) electrons. The molecular formula is C12H24N4O2. The molecule has 1 aliphatic rings. The summed E-state index contributed by atoms with van der Waals surface area (Å²) in [5.41, 5.74) is 4.95. The number of rotatable bonds is 4. The Morgan fingerprint density at radius 1 is 1.28 bits per heavy atom. The van der Waals surface area contributed by atoms with Crippen LogP contribution in [0.2, 0.25) is 0 Å². The average molecular weight is 256 g/mol. The number of urea groups is 1. The minimum absolute atomic E-state index is 0.333. The minimum atomic E-state index is -0.792. The number of imide groups is 1. The molecule has 3 amide bonds. The van der Waals surface area contributed by atoms with Gasteiger partial charge in [0.1, 0.15) is 0 Å². The Bertz CT molecular complexity index is 300. The third-order valence-corrected chi connectivity index (χ3v) is 3.92. The lowest BCUT2D eigenvalue weighted by molar-refractivity contribution is -0.125. The van der Waals surface area contributed by atoms with Crippen molar-refractivity contribution in [1.82, 2.24) is 15.5 Å². The van der Waals surface area contributed by atoms with Crippen molar-refractivity contribution in [2.45, 2.75) is 50.7 Å². The maximum Gasteiger partial charge on any atom is 0.318 e. The first-order valence-corrected chi connectivity index (χ1v) is 6.45. The predicted molar refractivity (Wildman–Crippen MR) is 70.1 cm³/mol. The molecule has 18 heavy (non-hydrogen) atoms. The number of hydrogen-bond acceptors (Lipinski definition) is 4. The van der Waals surface area contributed by atoms with Crippen LogP contribution in [0.15, 0.2) is 0 Å². The first kappa shape index (κ1) is 14.9. The second-order valence-corrected chi connectivity index (χ2v) is 4.99. The second-order valence-electron chi connectivity index (χ2n) is 4.99. The highest BCUT2D eigenvalue weighted by Gasteiger charge is 2.28. The number of nitrogens with one attached hydrogen (secondary N) is 2. The summed E-state index contributed by atoms with van der Waals surface area (Å²) in [7, 11) is 3.91. The lowest BCUT2D eigenvalue weighted by atomic mass is 9.90. The number of likely N-dealkylation sites (N-methyl/N-ethyl adjacent to an activating group) is 1. The van der Waals surface area contributed by atoms with Crippen LogP contribution in [0.25, 0.3) is 0 Å². The van der Waals surface area contributed by atoms with Crippen molar-refractivity contribution in [2.75, 3.05) is 14.1 Å². The van der Waals surface area contributed by atoms with Gasteiger partial charge in [-0.2, -0.15) is 0 Å². The zero-order chi connectivity index (χ0) is 13.7. The number of nitrogens with two attached hydrogens (primary N) is 1. The van der Waals surface area contributed by atoms with Crippen LogP contribution < -0.4 is 16.4 Å². The van der Waals surface area contributed by atoms with Crippen molar-refractivity contribution in [3.8, 4) is 0 Å². The smallest absolute Gasteiger partial charge is 0.318 e. The third-order valence-electron chi connectivity index (χ3n) is 3.92. The lowest BCUT2D eigenvalue weighted by Gasteiger charge is -2.37. The van der Waals surface area contributed by atoms with Gasteiger partial charge in [-0.3, -0.25) is 15.0 Å². The number of amides is 3. The van der Waals surface area contributed by atoms with Gasteiger partial charge in [-0.1, -0.05) is 0 Å². The molecule has 0 bridgehead atoms. The standard InChI is InChI=1S/C12H24N4O2/c1-8(11(17)15-12(13)18)16(3)10-6-4-9(14-2)5-7-10/h8-10,14H,4-7H2,1-3H3,(H3,13,15,17,18). The first-order valence-electron chi connectivity index (χ1n) is 6.45. The van der Waals surface area contributed by atoms with Crippen LogP contribution >= 0.6 is 0 Å². The number of nitrogens with zero attached hydrogens (tertiary/aromatic N) is 1. The quantitative estimate of drug-likeness (QED) is 0.662. The fraction of sp³-hybridized carbons (Fsp3) is 0.833. The Morgan fingerprint density at radius 2 is 1.83 bits per heavy atom. The Balaban J connectivity index is 2.46. The Hall–Kier alpha value is -1.14. The highest BCUT2D eigenvalue weighted by molar-refractivity contribution is 5.96. The van der Waals surface area contributed by atoms with Crippen molar-refractivity contribution < 1.29 is 9.59 Å². The molecule has 4 N–H and O–H groups in total. The van der Waals surface area contributed by atoms with Gasteiger partial charge in [-0.25, -0.2) is 4.79 Å². The Kier molecular flexibility index (Phi) is 5.55. The Morgan fingerprint density at radius 3 is 2.28 bits per heavy atom. The Labute approximate surface area is 108 Å². The highest BCUT2D eigenvalue weighted by atomic mass is 16.2. The van der Waals surface area contributed by atoms with E-state index < -0.39 is 6.03 Å². The van der Waals surface area contributed by atoms with E-state index in [1.54, 1.807) is 6.92 Å². The predicted octanol–water partition coefficient (Wildman–Crippen LogP) is 0.0322. The summed E-state index contributed by atoms with van der Waals surface area (Å²) < 4.78 is 0. The van der Waals surface area contributed by atoms with E-state index >= 15 is 0 Å². The van der Waals surface area contributed by atoms with Crippen LogP contribution in [0.1, 0.15) is 32.6 Å². The van der Waals surface area contributed by atoms with E-state index in [9.17, 15) is 9.59 Å². The van der Waals surface area contributed by atoms with E-state index in [0.29, 0.717) is 12.1 Å². The van der Waals surface area contributed by atoms with Gasteiger partial charge < -0.3 is 11.1 Å². The van der Waals surface area contributed by atoms with E-state index in [4.69, 9.17) is 5.73 Å². The molecule has 0 aliphatic heterocycles. The molecule has 1 aliphatic carbocycles. The largest absolute Gasteiger partial charge is 0.351 e. The third kappa shape index (κ3) is 3.96. The normalized spacial score (nSPS) is 25.8. The molecule has 1 rings (SSSR count). The van der Waals surface area contributed by atoms with Crippen LogP contribution in [-0.4, -0.2) is 49.1 Å². The summed E-state index contributed by atoms with van der Waals surface area (Å²) in [6.07, 6.45) is 4.37. The van der Waals surface area contributed by atoms with Gasteiger partial charge in [0.15, 0.2) is 0 Å². The van der Waals surface area contributed by atoms with Crippen molar-refractivity contribution in [3.05, 3.63) is 0 Å². The van der Waals surface area contributed by atoms with Gasteiger partial charge in [0, 0.05) is 12.1 Å². The van der Waals surface area contributed by atoms with Gasteiger partial charge in [-0.15, -0.1) is 0 Å². The summed E-state index contributed by atoms with van der Waals surface area (Å²) in [6, 6.07) is -0.152. The molecule has 0 aromatic rings. The zero-order valence-electron chi connectivity index (χ0n) is 11.4. The van der Waals surface area contributed by atoms with E-state index in [2.05, 4.69) is 10.6 Å². The molecule has 6 nitrogen and oxygen atoms in total. The highest BCUT2D eigenvalue weighted by Crippen LogP contribution is 2.23. The van der Waals surface area contributed by atoms with Gasteiger partial charge in [0.05, 0.1) is 6.04 Å². The summed E-state index contributed by atoms with van der Waals surface area (Å²) in [6.45, 7) is 1.79. The maximum absolute atomic E-state index is 11.7. The summed E-state index contributed by atoms with van der Waals surface area (Å²) >= 11 is 0. The van der Waals surface area contributed by atoms with Gasteiger partial charge >= 0.3 is 6.03 Å². The molecule has 1 atom stereocenters. The molecule has 6 heteroatoms. The molecule has 0 spiro atoms. The number of carbonyl (C=O) groups is 2. The molecule has 1 saturated carbocycles. The molecule has 1 unspecified atom stereocenters. The van der Waals surface area contributed by atoms with E-state index in [1.165, 1.54) is 0 Å². The topological polar surface area (TPSA) is 87.5 Å². The molecule has 0 aromatic heterocycles. The number of hydrogen-bond donors (Lipinski definition) is 3. The average Bonchev–Trinajstić information content (AvgIpc) is 2.36. The summed E-state index contributed by atoms with van der Waals surface area (Å²) in [4.78, 5) is 24.4. The summed E-state index contributed by atoms with van der Waals surface area (Å²) in [5, 5.41) is 5.41. The van der Waals surface area contributed by atoms with Crippen molar-refractivity contribution in [2.24, 2.45) is 5.73 Å². The van der Waals surface area contributed by atoms with Crippen molar-refractivity contribution in [3.63, 3.8) is 0 Å². The maximum atomic E-state index is 11.7. The van der Waals surface area contributed by atoms with Crippen LogP contribution in [0.5, 0.6) is 0 Å². The van der Waals surface area contributed by atoms with Crippen LogP contribution in [0.3, 0.4) is 0 Å². The first-order chi connectivity index (χ1) is 8.45. The zero-order valence-corrected chi connectivity index (χ0v) is 11.4. The van der Waals surface area contributed by atoms with E-state index in [-0.39, 0.29) is 11.9 Å². The lowest BCUT2D eigenvalue weighted by Crippen LogP contribution is -2.51. The molecule has 0 heterocycles. The van der Waals surface area contributed by atoms with Crippen molar-refractivity contribution in [1.29, 1.82) is 0 Å². The molecule has 1 fully saturated rings. The monoisotopic (exact) mass is 256 g/mol. The van der Waals surface area contributed by atoms with E-state index in [1.807, 2.05) is 19.0 Å². The van der Waals surface area contributed by atoms with Crippen molar-refractivity contribution >= 4 is 11.9 Å². The van der Waals surface area contributed by atoms with Crippen LogP contribution in [0.4, 0.5) is 4.79 Å². The molecule has 0 saturated heterocycles. The van der Waals surface area contributed by atoms with Crippen LogP contribution in [-0.2, 0) is 4.79 Å². The summed E-state index contributed by atoms with van der Waals surface area (Å²) in [5.74, 6) is -0.333. The molecule has 0 aromatic carbocycles. The van der Waals surface area contributed by atoms with Gasteiger partial charge in [-0.05, 0) is 46.7 Å².